The lowest BCUT2D eigenvalue weighted by Crippen LogP contribution is -2.04. The normalized spacial score (nSPS) is 11.4. The summed E-state index contributed by atoms with van der Waals surface area (Å²) < 4.78 is 56.1. The van der Waals surface area contributed by atoms with Crippen molar-refractivity contribution in [2.45, 2.75) is 6.18 Å². The third-order valence-corrected chi connectivity index (χ3v) is 4.16. The maximum atomic E-state index is 13.0. The van der Waals surface area contributed by atoms with Gasteiger partial charge in [-0.05, 0) is 72.8 Å². The van der Waals surface area contributed by atoms with Gasteiger partial charge in [0.2, 0.25) is 5.82 Å². The molecule has 146 valence electrons. The number of halogens is 4. The molecule has 3 aromatic carbocycles. The highest BCUT2D eigenvalue weighted by Gasteiger charge is 2.29. The number of anilines is 2. The van der Waals surface area contributed by atoms with E-state index in [-0.39, 0.29) is 11.7 Å². The van der Waals surface area contributed by atoms with Crippen LogP contribution < -0.4 is 5.32 Å². The first kappa shape index (κ1) is 18.7. The summed E-state index contributed by atoms with van der Waals surface area (Å²) >= 11 is 0. The van der Waals surface area contributed by atoms with E-state index >= 15 is 0 Å². The van der Waals surface area contributed by atoms with E-state index in [0.29, 0.717) is 28.3 Å². The Kier molecular flexibility index (Phi) is 4.75. The van der Waals surface area contributed by atoms with Crippen LogP contribution in [0.2, 0.25) is 0 Å². The van der Waals surface area contributed by atoms with E-state index in [0.717, 1.165) is 12.1 Å². The van der Waals surface area contributed by atoms with E-state index in [1.54, 1.807) is 36.4 Å². The minimum atomic E-state index is -4.36. The minimum Gasteiger partial charge on any atom is -0.356 e. The summed E-state index contributed by atoms with van der Waals surface area (Å²) in [5.41, 5.74) is 1.82. The molecule has 0 aliphatic carbocycles. The Morgan fingerprint density at radius 1 is 0.724 bits per heavy atom. The van der Waals surface area contributed by atoms with Crippen LogP contribution in [0.25, 0.3) is 22.8 Å². The topological polar surface area (TPSA) is 51.0 Å². The Bertz CT molecular complexity index is 1100. The first-order valence-electron chi connectivity index (χ1n) is 8.53. The highest BCUT2D eigenvalue weighted by atomic mass is 19.4. The second-order valence-corrected chi connectivity index (χ2v) is 6.21. The molecule has 0 fully saturated rings. The molecule has 0 aliphatic heterocycles. The quantitative estimate of drug-likeness (QED) is 0.409. The molecule has 0 bridgehead atoms. The fraction of sp³-hybridized carbons (Fsp3) is 0.0476. The fourth-order valence-electron chi connectivity index (χ4n) is 2.66. The second-order valence-electron chi connectivity index (χ2n) is 6.21. The molecule has 0 atom stereocenters. The van der Waals surface area contributed by atoms with E-state index in [1.807, 2.05) is 0 Å². The largest absolute Gasteiger partial charge is 0.416 e. The number of alkyl halides is 3. The summed E-state index contributed by atoms with van der Waals surface area (Å²) in [6, 6.07) is 17.5. The zero-order valence-electron chi connectivity index (χ0n) is 14.7. The average Bonchev–Trinajstić information content (AvgIpc) is 3.19. The van der Waals surface area contributed by atoms with E-state index in [4.69, 9.17) is 4.52 Å². The number of nitrogens with zero attached hydrogens (tertiary/aromatic N) is 2. The van der Waals surface area contributed by atoms with Gasteiger partial charge in [0.25, 0.3) is 5.89 Å². The second kappa shape index (κ2) is 7.38. The summed E-state index contributed by atoms with van der Waals surface area (Å²) in [5.74, 6) is 0.280. The van der Waals surface area contributed by atoms with Gasteiger partial charge in [-0.25, -0.2) is 4.39 Å². The molecule has 0 saturated heterocycles. The van der Waals surface area contributed by atoms with Crippen LogP contribution in [0.5, 0.6) is 0 Å². The third-order valence-electron chi connectivity index (χ3n) is 4.16. The van der Waals surface area contributed by atoms with Gasteiger partial charge < -0.3 is 9.84 Å². The lowest BCUT2D eigenvalue weighted by molar-refractivity contribution is -0.137. The molecular formula is C21H13F4N3O. The molecule has 4 aromatic rings. The monoisotopic (exact) mass is 399 g/mol. The van der Waals surface area contributed by atoms with Crippen molar-refractivity contribution in [3.63, 3.8) is 0 Å². The van der Waals surface area contributed by atoms with Crippen LogP contribution in [-0.2, 0) is 6.18 Å². The van der Waals surface area contributed by atoms with Crippen molar-refractivity contribution >= 4 is 11.4 Å². The Morgan fingerprint density at radius 2 is 1.28 bits per heavy atom. The van der Waals surface area contributed by atoms with Crippen molar-refractivity contribution in [1.29, 1.82) is 0 Å². The standard InChI is InChI=1S/C21H13F4N3O/c22-16-7-1-14(2-8-16)20-27-19(28-29-20)13-3-9-17(10-4-13)26-18-11-5-15(6-12-18)21(23,24)25/h1-12,26H. The molecular weight excluding hydrogens is 386 g/mol. The van der Waals surface area contributed by atoms with Gasteiger partial charge in [-0.15, -0.1) is 0 Å². The first-order chi connectivity index (χ1) is 13.9. The Morgan fingerprint density at radius 3 is 1.86 bits per heavy atom. The lowest BCUT2D eigenvalue weighted by Gasteiger charge is -2.09. The molecule has 0 spiro atoms. The molecule has 4 nitrogen and oxygen atoms in total. The summed E-state index contributed by atoms with van der Waals surface area (Å²) in [6.07, 6.45) is -4.36. The Labute approximate surface area is 162 Å². The summed E-state index contributed by atoms with van der Waals surface area (Å²) in [7, 11) is 0. The van der Waals surface area contributed by atoms with Crippen LogP contribution in [-0.4, -0.2) is 10.1 Å². The fourth-order valence-corrected chi connectivity index (χ4v) is 2.66. The lowest BCUT2D eigenvalue weighted by atomic mass is 10.1. The van der Waals surface area contributed by atoms with Gasteiger partial charge in [0, 0.05) is 22.5 Å². The Hall–Kier alpha value is -3.68. The number of hydrogen-bond acceptors (Lipinski definition) is 4. The average molecular weight is 399 g/mol. The van der Waals surface area contributed by atoms with Crippen molar-refractivity contribution < 1.29 is 22.1 Å². The van der Waals surface area contributed by atoms with Crippen molar-refractivity contribution in [2.75, 3.05) is 5.32 Å². The molecule has 1 heterocycles. The van der Waals surface area contributed by atoms with Gasteiger partial charge in [-0.3, -0.25) is 0 Å². The van der Waals surface area contributed by atoms with Crippen LogP contribution in [0.1, 0.15) is 5.56 Å². The van der Waals surface area contributed by atoms with Gasteiger partial charge in [0.15, 0.2) is 0 Å². The van der Waals surface area contributed by atoms with Crippen LogP contribution >= 0.6 is 0 Å². The maximum Gasteiger partial charge on any atom is 0.416 e. The molecule has 0 radical (unpaired) electrons. The molecule has 29 heavy (non-hydrogen) atoms. The zero-order chi connectivity index (χ0) is 20.4. The number of benzene rings is 3. The first-order valence-corrected chi connectivity index (χ1v) is 8.53. The summed E-state index contributed by atoms with van der Waals surface area (Å²) in [5, 5.41) is 6.96. The van der Waals surface area contributed by atoms with E-state index < -0.39 is 11.7 Å². The predicted octanol–water partition coefficient (Wildman–Crippen LogP) is 6.31. The molecule has 4 rings (SSSR count). The van der Waals surface area contributed by atoms with Crippen LogP contribution in [0.3, 0.4) is 0 Å². The highest BCUT2D eigenvalue weighted by molar-refractivity contribution is 5.66. The molecule has 0 saturated carbocycles. The van der Waals surface area contributed by atoms with Crippen LogP contribution in [0.4, 0.5) is 28.9 Å². The predicted molar refractivity (Wildman–Crippen MR) is 99.9 cm³/mol. The minimum absolute atomic E-state index is 0.270. The van der Waals surface area contributed by atoms with Gasteiger partial charge in [-0.1, -0.05) is 5.16 Å². The third kappa shape index (κ3) is 4.26. The maximum absolute atomic E-state index is 13.0. The number of nitrogens with one attached hydrogen (secondary N) is 1. The molecule has 0 aliphatic rings. The van der Waals surface area contributed by atoms with Crippen molar-refractivity contribution in [2.24, 2.45) is 0 Å². The highest BCUT2D eigenvalue weighted by Crippen LogP contribution is 2.30. The number of hydrogen-bond donors (Lipinski definition) is 1. The molecule has 0 unspecified atom stereocenters. The molecule has 8 heteroatoms. The smallest absolute Gasteiger partial charge is 0.356 e. The van der Waals surface area contributed by atoms with E-state index in [9.17, 15) is 17.6 Å². The molecule has 0 amide bonds. The van der Waals surface area contributed by atoms with Crippen molar-refractivity contribution in [3.8, 4) is 22.8 Å². The van der Waals surface area contributed by atoms with Gasteiger partial charge >= 0.3 is 6.18 Å². The molecule has 1 N–H and O–H groups in total. The number of aromatic nitrogens is 2. The van der Waals surface area contributed by atoms with Gasteiger partial charge in [-0.2, -0.15) is 18.2 Å². The van der Waals surface area contributed by atoms with Gasteiger partial charge in [0.05, 0.1) is 5.56 Å². The SMILES string of the molecule is Fc1ccc(-c2nc(-c3ccc(Nc4ccc(C(F)(F)F)cc4)cc3)no2)cc1. The van der Waals surface area contributed by atoms with Crippen LogP contribution in [0.15, 0.2) is 77.3 Å². The van der Waals surface area contributed by atoms with E-state index in [2.05, 4.69) is 15.5 Å². The summed E-state index contributed by atoms with van der Waals surface area (Å²) in [6.45, 7) is 0. The van der Waals surface area contributed by atoms with E-state index in [1.165, 1.54) is 24.3 Å². The summed E-state index contributed by atoms with van der Waals surface area (Å²) in [4.78, 5) is 4.30. The van der Waals surface area contributed by atoms with Crippen molar-refractivity contribution in [1.82, 2.24) is 10.1 Å². The molecule has 1 aromatic heterocycles. The Balaban J connectivity index is 1.47. The van der Waals surface area contributed by atoms with Crippen LogP contribution in [0, 0.1) is 5.82 Å². The van der Waals surface area contributed by atoms with Gasteiger partial charge in [0.1, 0.15) is 5.82 Å². The van der Waals surface area contributed by atoms with Crippen molar-refractivity contribution in [3.05, 3.63) is 84.2 Å². The zero-order valence-corrected chi connectivity index (χ0v) is 14.7. The number of rotatable bonds is 4.